The van der Waals surface area contributed by atoms with Gasteiger partial charge in [-0.3, -0.25) is 0 Å². The van der Waals surface area contributed by atoms with E-state index in [0.29, 0.717) is 5.92 Å². The van der Waals surface area contributed by atoms with Gasteiger partial charge < -0.3 is 0 Å². The van der Waals surface area contributed by atoms with Crippen molar-refractivity contribution in [2.24, 2.45) is 5.92 Å². The summed E-state index contributed by atoms with van der Waals surface area (Å²) in [5, 5.41) is 0.823. The fourth-order valence-corrected chi connectivity index (χ4v) is 2.21. The van der Waals surface area contributed by atoms with Gasteiger partial charge in [0, 0.05) is 5.03 Å². The van der Waals surface area contributed by atoms with Crippen molar-refractivity contribution in [2.75, 3.05) is 0 Å². The molecule has 0 spiro atoms. The Bertz CT molecular complexity index is 226. The molecular weight excluding hydrogens is 179 g/mol. The first-order chi connectivity index (χ1) is 5.23. The van der Waals surface area contributed by atoms with Gasteiger partial charge in [-0.05, 0) is 31.3 Å². The van der Waals surface area contributed by atoms with Crippen LogP contribution in [0.3, 0.4) is 0 Å². The van der Waals surface area contributed by atoms with Crippen LogP contribution < -0.4 is 0 Å². The monoisotopic (exact) mass is 188 g/mol. The second kappa shape index (κ2) is 2.53. The minimum atomic E-state index is -0.240. The molecule has 0 nitrogen and oxygen atoms in total. The first kappa shape index (κ1) is 7.70. The van der Waals surface area contributed by atoms with Crippen molar-refractivity contribution in [1.29, 1.82) is 0 Å². The van der Waals surface area contributed by atoms with E-state index >= 15 is 0 Å². The Morgan fingerprint density at radius 2 is 2.18 bits per heavy atom. The predicted molar refractivity (Wildman–Crippen MR) is 49.0 cm³/mol. The lowest BCUT2D eigenvalue weighted by atomic mass is 9.94. The summed E-state index contributed by atoms with van der Waals surface area (Å²) in [6.45, 7) is 0. The fourth-order valence-electron chi connectivity index (χ4n) is 1.53. The fraction of sp³-hybridized carbons (Fsp3) is 0.556. The lowest BCUT2D eigenvalue weighted by Crippen LogP contribution is -2.25. The molecule has 2 aliphatic carbocycles. The van der Waals surface area contributed by atoms with Gasteiger partial charge in [-0.25, -0.2) is 0 Å². The molecule has 1 atom stereocenters. The van der Waals surface area contributed by atoms with Crippen LogP contribution in [0.4, 0.5) is 0 Å². The maximum absolute atomic E-state index is 6.37. The van der Waals surface area contributed by atoms with Crippen molar-refractivity contribution in [2.45, 2.75) is 24.1 Å². The van der Waals surface area contributed by atoms with Crippen LogP contribution in [0.5, 0.6) is 0 Å². The minimum Gasteiger partial charge on any atom is -0.112 e. The van der Waals surface area contributed by atoms with Gasteiger partial charge in [-0.15, -0.1) is 11.6 Å². The zero-order valence-electron chi connectivity index (χ0n) is 6.19. The van der Waals surface area contributed by atoms with Crippen molar-refractivity contribution in [3.63, 3.8) is 0 Å². The Morgan fingerprint density at radius 1 is 1.45 bits per heavy atom. The van der Waals surface area contributed by atoms with Crippen LogP contribution in [0.15, 0.2) is 23.3 Å². The van der Waals surface area contributed by atoms with Gasteiger partial charge in [0.25, 0.3) is 0 Å². The second-order valence-electron chi connectivity index (χ2n) is 3.28. The number of allylic oxidation sites excluding steroid dienone is 4. The van der Waals surface area contributed by atoms with Crippen molar-refractivity contribution >= 4 is 23.2 Å². The summed E-state index contributed by atoms with van der Waals surface area (Å²) in [5.41, 5.74) is 0. The van der Waals surface area contributed by atoms with Crippen molar-refractivity contribution in [3.8, 4) is 0 Å². The minimum absolute atomic E-state index is 0.240. The van der Waals surface area contributed by atoms with Gasteiger partial charge in [-0.1, -0.05) is 23.8 Å². The topological polar surface area (TPSA) is 0 Å². The van der Waals surface area contributed by atoms with Crippen molar-refractivity contribution in [1.82, 2.24) is 0 Å². The summed E-state index contributed by atoms with van der Waals surface area (Å²) >= 11 is 12.4. The van der Waals surface area contributed by atoms with Crippen LogP contribution in [-0.2, 0) is 0 Å². The highest BCUT2D eigenvalue weighted by molar-refractivity contribution is 6.40. The van der Waals surface area contributed by atoms with Crippen LogP contribution in [0.1, 0.15) is 19.3 Å². The third-order valence-electron chi connectivity index (χ3n) is 2.42. The highest BCUT2D eigenvalue weighted by atomic mass is 35.5. The van der Waals surface area contributed by atoms with Crippen molar-refractivity contribution in [3.05, 3.63) is 23.3 Å². The third-order valence-corrected chi connectivity index (χ3v) is 3.64. The molecule has 2 aliphatic rings. The van der Waals surface area contributed by atoms with E-state index in [4.69, 9.17) is 23.2 Å². The van der Waals surface area contributed by atoms with E-state index in [2.05, 4.69) is 6.08 Å². The summed E-state index contributed by atoms with van der Waals surface area (Å²) in [6.07, 6.45) is 9.36. The average Bonchev–Trinajstić information content (AvgIpc) is 2.77. The summed E-state index contributed by atoms with van der Waals surface area (Å²) in [5.74, 6) is 0.623. The molecule has 0 aromatic carbocycles. The lowest BCUT2D eigenvalue weighted by molar-refractivity contribution is 0.604. The van der Waals surface area contributed by atoms with Gasteiger partial charge in [0.2, 0.25) is 0 Å². The Labute approximate surface area is 76.9 Å². The second-order valence-corrected chi connectivity index (χ2v) is 4.37. The summed E-state index contributed by atoms with van der Waals surface area (Å²) in [4.78, 5) is -0.240. The molecule has 2 heteroatoms. The van der Waals surface area contributed by atoms with E-state index in [-0.39, 0.29) is 4.87 Å². The number of halogens is 2. The third kappa shape index (κ3) is 1.23. The van der Waals surface area contributed by atoms with Gasteiger partial charge in [0.15, 0.2) is 0 Å². The van der Waals surface area contributed by atoms with E-state index in [1.807, 2.05) is 12.2 Å². The smallest absolute Gasteiger partial charge is 0.0863 e. The molecule has 0 aromatic rings. The molecule has 0 saturated heterocycles. The Hall–Kier alpha value is 0.0600. The molecule has 0 bridgehead atoms. The molecule has 60 valence electrons. The standard InChI is InChI=1S/C9H10Cl2/c10-8-3-1-2-6-9(8,11)7-4-5-7/h1-3,7H,4-6H2. The van der Waals surface area contributed by atoms with Crippen LogP contribution >= 0.6 is 23.2 Å². The van der Waals surface area contributed by atoms with Gasteiger partial charge in [-0.2, -0.15) is 0 Å². The first-order valence-electron chi connectivity index (χ1n) is 3.95. The van der Waals surface area contributed by atoms with Gasteiger partial charge in [0.1, 0.15) is 0 Å². The average molecular weight is 189 g/mol. The normalized spacial score (nSPS) is 37.1. The number of rotatable bonds is 1. The molecule has 11 heavy (non-hydrogen) atoms. The molecular formula is C9H10Cl2. The van der Waals surface area contributed by atoms with E-state index < -0.39 is 0 Å². The highest BCUT2D eigenvalue weighted by Gasteiger charge is 2.45. The molecule has 0 amide bonds. The molecule has 2 rings (SSSR count). The van der Waals surface area contributed by atoms with Gasteiger partial charge >= 0.3 is 0 Å². The zero-order valence-corrected chi connectivity index (χ0v) is 7.70. The van der Waals surface area contributed by atoms with E-state index in [0.717, 1.165) is 11.5 Å². The Morgan fingerprint density at radius 3 is 2.73 bits per heavy atom. The molecule has 0 aromatic heterocycles. The molecule has 0 radical (unpaired) electrons. The van der Waals surface area contributed by atoms with E-state index in [9.17, 15) is 0 Å². The van der Waals surface area contributed by atoms with Crippen molar-refractivity contribution < 1.29 is 0 Å². The Balaban J connectivity index is 2.24. The van der Waals surface area contributed by atoms with Crippen LogP contribution in [-0.4, -0.2) is 4.87 Å². The quantitative estimate of drug-likeness (QED) is 0.554. The highest BCUT2D eigenvalue weighted by Crippen LogP contribution is 2.52. The molecule has 0 heterocycles. The SMILES string of the molecule is ClC1=CC=CCC1(Cl)C1CC1. The van der Waals surface area contributed by atoms with Crippen LogP contribution in [0, 0.1) is 5.92 Å². The van der Waals surface area contributed by atoms with Crippen LogP contribution in [0.2, 0.25) is 0 Å². The maximum Gasteiger partial charge on any atom is 0.0863 e. The Kier molecular flexibility index (Phi) is 1.77. The first-order valence-corrected chi connectivity index (χ1v) is 4.71. The summed E-state index contributed by atoms with van der Waals surface area (Å²) in [6, 6.07) is 0. The zero-order chi connectivity index (χ0) is 7.90. The maximum atomic E-state index is 6.37. The molecule has 0 aliphatic heterocycles. The van der Waals surface area contributed by atoms with Crippen LogP contribution in [0.25, 0.3) is 0 Å². The molecule has 1 unspecified atom stereocenters. The predicted octanol–water partition coefficient (Wildman–Crippen LogP) is 3.46. The largest absolute Gasteiger partial charge is 0.112 e. The molecule has 1 fully saturated rings. The summed E-state index contributed by atoms with van der Waals surface area (Å²) in [7, 11) is 0. The number of hydrogen-bond acceptors (Lipinski definition) is 0. The number of hydrogen-bond donors (Lipinski definition) is 0. The number of alkyl halides is 1. The summed E-state index contributed by atoms with van der Waals surface area (Å²) < 4.78 is 0. The molecule has 1 saturated carbocycles. The van der Waals surface area contributed by atoms with E-state index in [1.54, 1.807) is 0 Å². The van der Waals surface area contributed by atoms with Gasteiger partial charge in [0.05, 0.1) is 4.87 Å². The molecule has 0 N–H and O–H groups in total. The van der Waals surface area contributed by atoms with E-state index in [1.165, 1.54) is 12.8 Å². The lowest BCUT2D eigenvalue weighted by Gasteiger charge is -2.26.